The first kappa shape index (κ1) is 10.0. The second-order valence-electron chi connectivity index (χ2n) is 4.10. The van der Waals surface area contributed by atoms with E-state index in [1.54, 1.807) is 0 Å². The molecule has 0 amide bonds. The maximum atomic E-state index is 9.95. The molecular weight excluding hydrogens is 152 g/mol. The highest BCUT2D eigenvalue weighted by Crippen LogP contribution is 2.32. The van der Waals surface area contributed by atoms with Gasteiger partial charge in [0.25, 0.3) is 0 Å². The lowest BCUT2D eigenvalue weighted by molar-refractivity contribution is -0.0988. The Hall–Kier alpha value is -0.0800. The van der Waals surface area contributed by atoms with E-state index in [0.717, 1.165) is 25.9 Å². The normalized spacial score (nSPS) is 35.0. The number of ether oxygens (including phenoxy) is 1. The summed E-state index contributed by atoms with van der Waals surface area (Å²) in [5.41, 5.74) is -0.268. The second-order valence-corrected chi connectivity index (χ2v) is 4.10. The van der Waals surface area contributed by atoms with Crippen LogP contribution in [0.3, 0.4) is 0 Å². The van der Waals surface area contributed by atoms with E-state index in [9.17, 15) is 5.11 Å². The minimum absolute atomic E-state index is 0.268. The van der Waals surface area contributed by atoms with E-state index in [-0.39, 0.29) is 11.7 Å². The molecule has 1 rings (SSSR count). The number of rotatable bonds is 3. The Balaban J connectivity index is 2.54. The van der Waals surface area contributed by atoms with Crippen LogP contribution in [-0.2, 0) is 4.74 Å². The molecule has 1 aliphatic heterocycles. The molecule has 2 heteroatoms. The van der Waals surface area contributed by atoms with Crippen LogP contribution in [0.1, 0.15) is 40.0 Å². The second kappa shape index (κ2) is 3.75. The van der Waals surface area contributed by atoms with E-state index in [1.165, 1.54) is 0 Å². The summed E-state index contributed by atoms with van der Waals surface area (Å²) in [4.78, 5) is 0. The Morgan fingerprint density at radius 3 is 2.67 bits per heavy atom. The lowest BCUT2D eigenvalue weighted by Gasteiger charge is -2.33. The molecule has 1 N–H and O–H groups in total. The molecule has 0 bridgehead atoms. The maximum absolute atomic E-state index is 9.95. The SMILES string of the molecule is CCC(C)C(O)C1(C)CCCO1. The molecule has 1 fully saturated rings. The van der Waals surface area contributed by atoms with Gasteiger partial charge in [0.05, 0.1) is 11.7 Å². The van der Waals surface area contributed by atoms with Crippen molar-refractivity contribution < 1.29 is 9.84 Å². The molecule has 0 saturated carbocycles. The van der Waals surface area contributed by atoms with E-state index in [4.69, 9.17) is 4.74 Å². The van der Waals surface area contributed by atoms with E-state index in [1.807, 2.05) is 6.92 Å². The van der Waals surface area contributed by atoms with E-state index in [0.29, 0.717) is 5.92 Å². The molecule has 1 heterocycles. The molecular formula is C10H20O2. The van der Waals surface area contributed by atoms with Crippen molar-refractivity contribution in [1.82, 2.24) is 0 Å². The molecule has 0 spiro atoms. The van der Waals surface area contributed by atoms with Gasteiger partial charge >= 0.3 is 0 Å². The predicted molar refractivity (Wildman–Crippen MR) is 49.1 cm³/mol. The van der Waals surface area contributed by atoms with Crippen molar-refractivity contribution in [3.8, 4) is 0 Å². The van der Waals surface area contributed by atoms with Crippen molar-refractivity contribution in [2.24, 2.45) is 5.92 Å². The Kier molecular flexibility index (Phi) is 3.13. The van der Waals surface area contributed by atoms with Gasteiger partial charge in [0.15, 0.2) is 0 Å². The van der Waals surface area contributed by atoms with Crippen molar-refractivity contribution in [3.05, 3.63) is 0 Å². The van der Waals surface area contributed by atoms with Crippen LogP contribution in [0.4, 0.5) is 0 Å². The molecule has 3 unspecified atom stereocenters. The number of aliphatic hydroxyl groups excluding tert-OH is 1. The van der Waals surface area contributed by atoms with Crippen LogP contribution in [-0.4, -0.2) is 23.4 Å². The van der Waals surface area contributed by atoms with E-state index in [2.05, 4.69) is 13.8 Å². The van der Waals surface area contributed by atoms with Crippen molar-refractivity contribution >= 4 is 0 Å². The summed E-state index contributed by atoms with van der Waals surface area (Å²) in [6.45, 7) is 7.02. The van der Waals surface area contributed by atoms with Crippen LogP contribution >= 0.6 is 0 Å². The van der Waals surface area contributed by atoms with Gasteiger partial charge in [0, 0.05) is 6.61 Å². The minimum atomic E-state index is -0.301. The molecule has 2 nitrogen and oxygen atoms in total. The third kappa shape index (κ3) is 1.80. The first-order valence-electron chi connectivity index (χ1n) is 4.92. The summed E-state index contributed by atoms with van der Waals surface area (Å²) in [5.74, 6) is 0.341. The topological polar surface area (TPSA) is 29.5 Å². The summed E-state index contributed by atoms with van der Waals surface area (Å²) >= 11 is 0. The Morgan fingerprint density at radius 2 is 2.25 bits per heavy atom. The van der Waals surface area contributed by atoms with Crippen LogP contribution in [0, 0.1) is 5.92 Å². The van der Waals surface area contributed by atoms with Gasteiger partial charge in [0.1, 0.15) is 0 Å². The zero-order chi connectivity index (χ0) is 9.19. The number of aliphatic hydroxyl groups is 1. The average molecular weight is 172 g/mol. The van der Waals surface area contributed by atoms with Gasteiger partial charge in [-0.2, -0.15) is 0 Å². The monoisotopic (exact) mass is 172 g/mol. The van der Waals surface area contributed by atoms with Crippen LogP contribution in [0.2, 0.25) is 0 Å². The largest absolute Gasteiger partial charge is 0.390 e. The van der Waals surface area contributed by atoms with Gasteiger partial charge in [-0.1, -0.05) is 20.3 Å². The fraction of sp³-hybridized carbons (Fsp3) is 1.00. The highest BCUT2D eigenvalue weighted by Gasteiger charge is 2.39. The third-order valence-corrected chi connectivity index (χ3v) is 3.06. The molecule has 0 aromatic rings. The number of hydrogen-bond donors (Lipinski definition) is 1. The molecule has 1 aliphatic rings. The molecule has 12 heavy (non-hydrogen) atoms. The fourth-order valence-electron chi connectivity index (χ4n) is 1.86. The summed E-state index contributed by atoms with van der Waals surface area (Å²) in [6.07, 6.45) is 2.80. The Bertz CT molecular complexity index is 139. The van der Waals surface area contributed by atoms with Crippen LogP contribution < -0.4 is 0 Å². The first-order valence-corrected chi connectivity index (χ1v) is 4.92. The quantitative estimate of drug-likeness (QED) is 0.705. The summed E-state index contributed by atoms with van der Waals surface area (Å²) in [5, 5.41) is 9.95. The van der Waals surface area contributed by atoms with Gasteiger partial charge in [-0.25, -0.2) is 0 Å². The molecule has 0 aromatic carbocycles. The van der Waals surface area contributed by atoms with Gasteiger partial charge in [-0.05, 0) is 25.7 Å². The lowest BCUT2D eigenvalue weighted by Crippen LogP contribution is -2.42. The minimum Gasteiger partial charge on any atom is -0.390 e. The Morgan fingerprint density at radius 1 is 1.58 bits per heavy atom. The van der Waals surface area contributed by atoms with Crippen molar-refractivity contribution in [2.45, 2.75) is 51.7 Å². The van der Waals surface area contributed by atoms with Gasteiger partial charge in [-0.3, -0.25) is 0 Å². The zero-order valence-corrected chi connectivity index (χ0v) is 8.34. The standard InChI is InChI=1S/C10H20O2/c1-4-8(2)9(11)10(3)6-5-7-12-10/h8-9,11H,4-7H2,1-3H3. The summed E-state index contributed by atoms with van der Waals surface area (Å²) < 4.78 is 5.58. The van der Waals surface area contributed by atoms with Crippen LogP contribution in [0.15, 0.2) is 0 Å². The van der Waals surface area contributed by atoms with Gasteiger partial charge < -0.3 is 9.84 Å². The smallest absolute Gasteiger partial charge is 0.0915 e. The molecule has 72 valence electrons. The van der Waals surface area contributed by atoms with Crippen molar-refractivity contribution in [3.63, 3.8) is 0 Å². The summed E-state index contributed by atoms with van der Waals surface area (Å²) in [6, 6.07) is 0. The molecule has 0 aliphatic carbocycles. The first-order chi connectivity index (χ1) is 5.60. The summed E-state index contributed by atoms with van der Waals surface area (Å²) in [7, 11) is 0. The third-order valence-electron chi connectivity index (χ3n) is 3.06. The average Bonchev–Trinajstić information content (AvgIpc) is 2.50. The van der Waals surface area contributed by atoms with E-state index < -0.39 is 0 Å². The molecule has 0 aromatic heterocycles. The lowest BCUT2D eigenvalue weighted by atomic mass is 9.86. The Labute approximate surface area is 74.9 Å². The van der Waals surface area contributed by atoms with Crippen LogP contribution in [0.5, 0.6) is 0 Å². The predicted octanol–water partition coefficient (Wildman–Crippen LogP) is 1.96. The number of hydrogen-bond acceptors (Lipinski definition) is 2. The maximum Gasteiger partial charge on any atom is 0.0915 e. The van der Waals surface area contributed by atoms with E-state index >= 15 is 0 Å². The van der Waals surface area contributed by atoms with Crippen LogP contribution in [0.25, 0.3) is 0 Å². The fourth-order valence-corrected chi connectivity index (χ4v) is 1.86. The highest BCUT2D eigenvalue weighted by molar-refractivity contribution is 4.89. The van der Waals surface area contributed by atoms with Gasteiger partial charge in [-0.15, -0.1) is 0 Å². The highest BCUT2D eigenvalue weighted by atomic mass is 16.5. The molecule has 0 radical (unpaired) electrons. The molecule has 3 atom stereocenters. The van der Waals surface area contributed by atoms with Crippen molar-refractivity contribution in [1.29, 1.82) is 0 Å². The van der Waals surface area contributed by atoms with Gasteiger partial charge in [0.2, 0.25) is 0 Å². The molecule has 1 saturated heterocycles. The zero-order valence-electron chi connectivity index (χ0n) is 8.34. The van der Waals surface area contributed by atoms with Crippen molar-refractivity contribution in [2.75, 3.05) is 6.61 Å².